The second-order valence-electron chi connectivity index (χ2n) is 10.4. The maximum Gasteiger partial charge on any atom is 0.235 e. The largest absolute Gasteiger partial charge is 0.494 e. The molecule has 5 rings (SSSR count). The van der Waals surface area contributed by atoms with Crippen molar-refractivity contribution in [3.63, 3.8) is 0 Å². The molecule has 2 heterocycles. The zero-order chi connectivity index (χ0) is 25.0. The smallest absolute Gasteiger partial charge is 0.235 e. The molecule has 1 atom stereocenters. The highest BCUT2D eigenvalue weighted by Crippen LogP contribution is 2.51. The molecule has 3 aromatic rings. The molecule has 35 heavy (non-hydrogen) atoms. The Morgan fingerprint density at radius 2 is 1.91 bits per heavy atom. The van der Waals surface area contributed by atoms with Gasteiger partial charge in [-0.2, -0.15) is 0 Å². The SMILES string of the molecule is COc1cc(NC(=O)C2(c3ccc4c(c3)OCO4)CC2)cc2cc(C(C)(C)C)n(CC(O)CO)c12. The number of fused-ring (bicyclic) bond motifs is 2. The van der Waals surface area contributed by atoms with Crippen LogP contribution in [0.25, 0.3) is 10.9 Å². The summed E-state index contributed by atoms with van der Waals surface area (Å²) in [5.74, 6) is 1.90. The van der Waals surface area contributed by atoms with Crippen LogP contribution in [0, 0.1) is 0 Å². The third-order valence-corrected chi connectivity index (χ3v) is 6.92. The summed E-state index contributed by atoms with van der Waals surface area (Å²) in [5.41, 5.74) is 2.59. The summed E-state index contributed by atoms with van der Waals surface area (Å²) < 4.78 is 18.6. The summed E-state index contributed by atoms with van der Waals surface area (Å²) in [4.78, 5) is 13.5. The number of carbonyl (C=O) groups is 1. The molecule has 1 aromatic heterocycles. The Morgan fingerprint density at radius 1 is 1.17 bits per heavy atom. The van der Waals surface area contributed by atoms with Crippen molar-refractivity contribution in [2.24, 2.45) is 0 Å². The number of aliphatic hydroxyl groups excluding tert-OH is 2. The third-order valence-electron chi connectivity index (χ3n) is 6.92. The Morgan fingerprint density at radius 3 is 2.57 bits per heavy atom. The molecule has 3 N–H and O–H groups in total. The van der Waals surface area contributed by atoms with Crippen molar-refractivity contribution >= 4 is 22.5 Å². The fourth-order valence-electron chi connectivity index (χ4n) is 4.90. The highest BCUT2D eigenvalue weighted by molar-refractivity contribution is 6.03. The van der Waals surface area contributed by atoms with Crippen LogP contribution >= 0.6 is 0 Å². The number of ether oxygens (including phenoxy) is 3. The predicted octanol–water partition coefficient (Wildman–Crippen LogP) is 3.70. The number of methoxy groups -OCH3 is 1. The van der Waals surface area contributed by atoms with Gasteiger partial charge >= 0.3 is 0 Å². The maximum atomic E-state index is 13.5. The number of amides is 1. The van der Waals surface area contributed by atoms with Crippen molar-refractivity contribution in [2.45, 2.75) is 57.1 Å². The number of rotatable bonds is 7. The van der Waals surface area contributed by atoms with Gasteiger partial charge in [0.15, 0.2) is 11.5 Å². The second kappa shape index (κ2) is 8.46. The first-order chi connectivity index (χ1) is 16.7. The molecule has 1 fully saturated rings. The fraction of sp³-hybridized carbons (Fsp3) is 0.444. The lowest BCUT2D eigenvalue weighted by atomic mass is 9.92. The summed E-state index contributed by atoms with van der Waals surface area (Å²) in [5, 5.41) is 23.6. The number of benzene rings is 2. The van der Waals surface area contributed by atoms with Crippen LogP contribution < -0.4 is 19.5 Å². The van der Waals surface area contributed by atoms with Crippen LogP contribution in [-0.2, 0) is 22.2 Å². The monoisotopic (exact) mass is 480 g/mol. The summed E-state index contributed by atoms with van der Waals surface area (Å²) in [6.45, 7) is 6.40. The minimum Gasteiger partial charge on any atom is -0.494 e. The van der Waals surface area contributed by atoms with Gasteiger partial charge in [0.05, 0.1) is 37.3 Å². The molecular formula is C27H32N2O6. The molecule has 0 radical (unpaired) electrons. The number of hydrogen-bond donors (Lipinski definition) is 3. The second-order valence-corrected chi connectivity index (χ2v) is 10.4. The summed E-state index contributed by atoms with van der Waals surface area (Å²) in [6, 6.07) is 11.5. The normalized spacial score (nSPS) is 16.9. The minimum absolute atomic E-state index is 0.0658. The molecule has 1 aliphatic heterocycles. The van der Waals surface area contributed by atoms with E-state index in [2.05, 4.69) is 32.2 Å². The lowest BCUT2D eigenvalue weighted by molar-refractivity contribution is -0.118. The summed E-state index contributed by atoms with van der Waals surface area (Å²) >= 11 is 0. The van der Waals surface area contributed by atoms with Gasteiger partial charge in [0.2, 0.25) is 12.7 Å². The van der Waals surface area contributed by atoms with E-state index in [9.17, 15) is 15.0 Å². The molecule has 0 saturated heterocycles. The van der Waals surface area contributed by atoms with Gasteiger partial charge in [-0.25, -0.2) is 0 Å². The number of nitrogens with zero attached hydrogens (tertiary/aromatic N) is 1. The molecule has 186 valence electrons. The number of hydrogen-bond acceptors (Lipinski definition) is 6. The zero-order valence-electron chi connectivity index (χ0n) is 20.6. The molecule has 1 aliphatic carbocycles. The highest BCUT2D eigenvalue weighted by atomic mass is 16.7. The van der Waals surface area contributed by atoms with Crippen LogP contribution in [0.4, 0.5) is 5.69 Å². The van der Waals surface area contributed by atoms with Gasteiger partial charge in [-0.3, -0.25) is 4.79 Å². The Balaban J connectivity index is 1.50. The van der Waals surface area contributed by atoms with E-state index in [1.807, 2.05) is 34.9 Å². The average Bonchev–Trinajstić information content (AvgIpc) is 3.36. The molecule has 1 amide bonds. The van der Waals surface area contributed by atoms with E-state index in [-0.39, 0.29) is 31.3 Å². The first kappa shape index (κ1) is 23.5. The number of aliphatic hydroxyl groups is 2. The van der Waals surface area contributed by atoms with Crippen LogP contribution in [0.1, 0.15) is 44.9 Å². The van der Waals surface area contributed by atoms with Crippen molar-refractivity contribution < 1.29 is 29.2 Å². The van der Waals surface area contributed by atoms with Gasteiger partial charge in [0.1, 0.15) is 5.75 Å². The number of aromatic nitrogens is 1. The van der Waals surface area contributed by atoms with E-state index in [1.54, 1.807) is 7.11 Å². The lowest BCUT2D eigenvalue weighted by Crippen LogP contribution is -2.27. The van der Waals surface area contributed by atoms with E-state index in [4.69, 9.17) is 14.2 Å². The van der Waals surface area contributed by atoms with Crippen LogP contribution in [-0.4, -0.2) is 47.3 Å². The highest BCUT2D eigenvalue weighted by Gasteiger charge is 2.51. The third kappa shape index (κ3) is 4.10. The van der Waals surface area contributed by atoms with Crippen LogP contribution in [0.2, 0.25) is 0 Å². The van der Waals surface area contributed by atoms with Crippen LogP contribution in [0.3, 0.4) is 0 Å². The molecule has 1 saturated carbocycles. The molecule has 8 heteroatoms. The number of anilines is 1. The van der Waals surface area contributed by atoms with Crippen molar-refractivity contribution in [3.05, 3.63) is 47.7 Å². The molecule has 8 nitrogen and oxygen atoms in total. The Labute approximate surface area is 204 Å². The Bertz CT molecular complexity index is 1290. The van der Waals surface area contributed by atoms with Crippen molar-refractivity contribution in [3.8, 4) is 17.2 Å². The van der Waals surface area contributed by atoms with E-state index in [0.29, 0.717) is 22.9 Å². The standard InChI is InChI=1S/C27H32N2O6/c1-26(2,3)23-10-16-9-18(12-22(33-4)24(16)29(23)13-19(31)14-30)28-25(32)27(7-8-27)17-5-6-20-21(11-17)35-15-34-20/h5-6,9-12,19,30-31H,7-8,13-15H2,1-4H3,(H,28,32). The van der Waals surface area contributed by atoms with Crippen LogP contribution in [0.5, 0.6) is 17.2 Å². The first-order valence-electron chi connectivity index (χ1n) is 11.9. The van der Waals surface area contributed by atoms with Crippen molar-refractivity contribution in [2.75, 3.05) is 25.8 Å². The van der Waals surface area contributed by atoms with Crippen molar-refractivity contribution in [1.29, 1.82) is 0 Å². The minimum atomic E-state index is -0.896. The molecule has 2 aromatic carbocycles. The molecule has 1 unspecified atom stereocenters. The zero-order valence-corrected chi connectivity index (χ0v) is 20.6. The van der Waals surface area contributed by atoms with E-state index < -0.39 is 11.5 Å². The summed E-state index contributed by atoms with van der Waals surface area (Å²) in [6.07, 6.45) is 0.635. The number of nitrogens with one attached hydrogen (secondary N) is 1. The van der Waals surface area contributed by atoms with Gasteiger partial charge in [0, 0.05) is 28.2 Å². The molecule has 0 bridgehead atoms. The van der Waals surface area contributed by atoms with E-state index >= 15 is 0 Å². The van der Waals surface area contributed by atoms with Gasteiger partial charge in [-0.1, -0.05) is 26.8 Å². The van der Waals surface area contributed by atoms with E-state index in [0.717, 1.165) is 35.0 Å². The quantitative estimate of drug-likeness (QED) is 0.477. The van der Waals surface area contributed by atoms with Gasteiger partial charge in [0.25, 0.3) is 0 Å². The van der Waals surface area contributed by atoms with Gasteiger partial charge < -0.3 is 34.3 Å². The van der Waals surface area contributed by atoms with Crippen molar-refractivity contribution in [1.82, 2.24) is 4.57 Å². The molecular weight excluding hydrogens is 448 g/mol. The van der Waals surface area contributed by atoms with Gasteiger partial charge in [-0.05, 0) is 42.7 Å². The van der Waals surface area contributed by atoms with Crippen LogP contribution in [0.15, 0.2) is 36.4 Å². The topological polar surface area (TPSA) is 102 Å². The Kier molecular flexibility index (Phi) is 5.68. The summed E-state index contributed by atoms with van der Waals surface area (Å²) in [7, 11) is 1.59. The Hall–Kier alpha value is -3.23. The molecule has 0 spiro atoms. The fourth-order valence-corrected chi connectivity index (χ4v) is 4.90. The maximum absolute atomic E-state index is 13.5. The first-order valence-corrected chi connectivity index (χ1v) is 11.9. The predicted molar refractivity (Wildman–Crippen MR) is 132 cm³/mol. The number of carbonyl (C=O) groups excluding carboxylic acids is 1. The van der Waals surface area contributed by atoms with E-state index in [1.165, 1.54) is 0 Å². The lowest BCUT2D eigenvalue weighted by Gasteiger charge is -2.24. The average molecular weight is 481 g/mol. The molecule has 2 aliphatic rings. The van der Waals surface area contributed by atoms with Gasteiger partial charge in [-0.15, -0.1) is 0 Å².